The molecule has 6 nitrogen and oxygen atoms in total. The minimum absolute atomic E-state index is 0.0316. The van der Waals surface area contributed by atoms with E-state index in [2.05, 4.69) is 24.4 Å². The van der Waals surface area contributed by atoms with Crippen LogP contribution in [-0.2, 0) is 25.6 Å². The number of carbonyl (C=O) groups is 1. The van der Waals surface area contributed by atoms with Crippen LogP contribution in [-0.4, -0.2) is 44.1 Å². The SMILES string of the molecule is CCCCCCCCCCC[C@H](CC(=O)N[C@H](CCCN)COC1CCCCO1)OCc1ccccc1. The lowest BCUT2D eigenvalue weighted by atomic mass is 10.0. The van der Waals surface area contributed by atoms with Gasteiger partial charge in [0, 0.05) is 6.61 Å². The van der Waals surface area contributed by atoms with E-state index in [0.29, 0.717) is 26.2 Å². The zero-order valence-electron chi connectivity index (χ0n) is 23.5. The van der Waals surface area contributed by atoms with Crippen molar-refractivity contribution >= 4 is 5.91 Å². The van der Waals surface area contributed by atoms with Crippen molar-refractivity contribution in [3.63, 3.8) is 0 Å². The van der Waals surface area contributed by atoms with Crippen molar-refractivity contribution in [2.75, 3.05) is 19.8 Å². The number of nitrogens with one attached hydrogen (secondary N) is 1. The van der Waals surface area contributed by atoms with Gasteiger partial charge in [0.05, 0.1) is 31.8 Å². The molecule has 1 aliphatic heterocycles. The van der Waals surface area contributed by atoms with Crippen LogP contribution in [0.4, 0.5) is 0 Å². The Bertz CT molecular complexity index is 666. The minimum Gasteiger partial charge on any atom is -0.373 e. The predicted octanol–water partition coefficient (Wildman–Crippen LogP) is 6.65. The average Bonchev–Trinajstić information content (AvgIpc) is 2.93. The van der Waals surface area contributed by atoms with Gasteiger partial charge in [0.15, 0.2) is 6.29 Å². The van der Waals surface area contributed by atoms with Crippen molar-refractivity contribution in [2.24, 2.45) is 5.73 Å². The Balaban J connectivity index is 1.78. The second kappa shape index (κ2) is 21.5. The van der Waals surface area contributed by atoms with Crippen molar-refractivity contribution in [1.29, 1.82) is 0 Å². The molecule has 3 atom stereocenters. The van der Waals surface area contributed by atoms with Crippen LogP contribution in [0.2, 0.25) is 0 Å². The summed E-state index contributed by atoms with van der Waals surface area (Å²) in [4.78, 5) is 13.0. The molecule has 0 radical (unpaired) electrons. The lowest BCUT2D eigenvalue weighted by molar-refractivity contribution is -0.167. The van der Waals surface area contributed by atoms with Gasteiger partial charge in [-0.05, 0) is 50.6 Å². The fourth-order valence-corrected chi connectivity index (χ4v) is 4.84. The van der Waals surface area contributed by atoms with Gasteiger partial charge in [-0.2, -0.15) is 0 Å². The first-order valence-corrected chi connectivity index (χ1v) is 15.1. The maximum atomic E-state index is 13.0. The number of ether oxygens (including phenoxy) is 3. The van der Waals surface area contributed by atoms with Crippen molar-refractivity contribution in [2.45, 2.75) is 135 Å². The smallest absolute Gasteiger partial charge is 0.222 e. The van der Waals surface area contributed by atoms with Crippen LogP contribution in [0.3, 0.4) is 0 Å². The fourth-order valence-electron chi connectivity index (χ4n) is 4.84. The average molecular weight is 519 g/mol. The van der Waals surface area contributed by atoms with E-state index >= 15 is 0 Å². The van der Waals surface area contributed by atoms with Crippen LogP contribution in [0.25, 0.3) is 0 Å². The third-order valence-electron chi connectivity index (χ3n) is 7.11. The first-order chi connectivity index (χ1) is 18.2. The topological polar surface area (TPSA) is 82.8 Å². The van der Waals surface area contributed by atoms with Crippen molar-refractivity contribution in [3.05, 3.63) is 35.9 Å². The molecular formula is C31H54N2O4. The van der Waals surface area contributed by atoms with E-state index in [1.54, 1.807) is 0 Å². The summed E-state index contributed by atoms with van der Waals surface area (Å²) in [6.45, 7) is 4.62. The molecule has 37 heavy (non-hydrogen) atoms. The molecule has 0 spiro atoms. The van der Waals surface area contributed by atoms with E-state index in [-0.39, 0.29) is 24.3 Å². The van der Waals surface area contributed by atoms with Crippen LogP contribution >= 0.6 is 0 Å². The molecular weight excluding hydrogens is 464 g/mol. The molecule has 1 heterocycles. The van der Waals surface area contributed by atoms with Crippen LogP contribution in [0.15, 0.2) is 30.3 Å². The number of amides is 1. The van der Waals surface area contributed by atoms with Gasteiger partial charge in [-0.1, -0.05) is 95.0 Å². The lowest BCUT2D eigenvalue weighted by Crippen LogP contribution is -2.41. The van der Waals surface area contributed by atoms with Gasteiger partial charge in [-0.3, -0.25) is 4.79 Å². The third kappa shape index (κ3) is 16.2. The fraction of sp³-hybridized carbons (Fsp3) is 0.774. The molecule has 1 fully saturated rings. The maximum absolute atomic E-state index is 13.0. The number of rotatable bonds is 22. The minimum atomic E-state index is -0.153. The number of hydrogen-bond donors (Lipinski definition) is 2. The summed E-state index contributed by atoms with van der Waals surface area (Å²) in [6.07, 6.45) is 17.5. The molecule has 3 N–H and O–H groups in total. The van der Waals surface area contributed by atoms with E-state index in [4.69, 9.17) is 19.9 Å². The second-order valence-corrected chi connectivity index (χ2v) is 10.6. The molecule has 1 aromatic carbocycles. The number of benzene rings is 1. The van der Waals surface area contributed by atoms with Gasteiger partial charge in [0.25, 0.3) is 0 Å². The second-order valence-electron chi connectivity index (χ2n) is 10.6. The highest BCUT2D eigenvalue weighted by Gasteiger charge is 2.21. The van der Waals surface area contributed by atoms with Gasteiger partial charge in [0.1, 0.15) is 0 Å². The maximum Gasteiger partial charge on any atom is 0.222 e. The molecule has 1 aliphatic rings. The lowest BCUT2D eigenvalue weighted by Gasteiger charge is -2.26. The van der Waals surface area contributed by atoms with Crippen LogP contribution in [0.5, 0.6) is 0 Å². The molecule has 1 amide bonds. The zero-order valence-corrected chi connectivity index (χ0v) is 23.5. The van der Waals surface area contributed by atoms with Gasteiger partial charge in [-0.15, -0.1) is 0 Å². The Morgan fingerprint density at radius 3 is 2.41 bits per heavy atom. The molecule has 0 aromatic heterocycles. The van der Waals surface area contributed by atoms with Crippen LogP contribution in [0, 0.1) is 0 Å². The van der Waals surface area contributed by atoms with Gasteiger partial charge < -0.3 is 25.3 Å². The Morgan fingerprint density at radius 1 is 1.00 bits per heavy atom. The van der Waals surface area contributed by atoms with Crippen molar-refractivity contribution in [3.8, 4) is 0 Å². The van der Waals surface area contributed by atoms with E-state index < -0.39 is 0 Å². The Labute approximate surface area is 226 Å². The normalized spacial score (nSPS) is 17.4. The summed E-state index contributed by atoms with van der Waals surface area (Å²) in [6, 6.07) is 10.2. The predicted molar refractivity (Wildman–Crippen MR) is 151 cm³/mol. The molecule has 0 saturated carbocycles. The number of carbonyl (C=O) groups excluding carboxylic acids is 1. The molecule has 1 unspecified atom stereocenters. The van der Waals surface area contributed by atoms with Gasteiger partial charge >= 0.3 is 0 Å². The van der Waals surface area contributed by atoms with Crippen molar-refractivity contribution < 1.29 is 19.0 Å². The Kier molecular flexibility index (Phi) is 18.4. The highest BCUT2D eigenvalue weighted by atomic mass is 16.7. The summed E-state index contributed by atoms with van der Waals surface area (Å²) in [5, 5.41) is 3.20. The summed E-state index contributed by atoms with van der Waals surface area (Å²) < 4.78 is 17.9. The third-order valence-corrected chi connectivity index (χ3v) is 7.11. The molecule has 212 valence electrons. The molecule has 2 rings (SSSR count). The molecule has 0 bridgehead atoms. The number of unbranched alkanes of at least 4 members (excludes halogenated alkanes) is 8. The first kappa shape index (κ1) is 31.7. The van der Waals surface area contributed by atoms with E-state index in [0.717, 1.165) is 57.1 Å². The number of nitrogens with two attached hydrogens (primary N) is 1. The van der Waals surface area contributed by atoms with Crippen LogP contribution in [0.1, 0.15) is 115 Å². The Hall–Kier alpha value is -1.47. The quantitative estimate of drug-likeness (QED) is 0.168. The summed E-state index contributed by atoms with van der Waals surface area (Å²) in [5.74, 6) is 0.0316. The molecule has 1 aromatic rings. The van der Waals surface area contributed by atoms with E-state index in [9.17, 15) is 4.79 Å². The van der Waals surface area contributed by atoms with E-state index in [1.165, 1.54) is 51.4 Å². The highest BCUT2D eigenvalue weighted by molar-refractivity contribution is 5.76. The number of hydrogen-bond acceptors (Lipinski definition) is 5. The highest BCUT2D eigenvalue weighted by Crippen LogP contribution is 2.17. The first-order valence-electron chi connectivity index (χ1n) is 15.1. The summed E-state index contributed by atoms with van der Waals surface area (Å²) in [7, 11) is 0. The molecule has 6 heteroatoms. The van der Waals surface area contributed by atoms with Crippen LogP contribution < -0.4 is 11.1 Å². The standard InChI is InChI=1S/C31H54N2O4/c1-2-3-4-5-6-7-8-9-13-20-29(36-25-27-17-11-10-12-18-27)24-30(34)33-28(19-16-22-32)26-37-31-21-14-15-23-35-31/h10-12,17-18,28-29,31H,2-9,13-16,19-26,32H2,1H3,(H,33,34)/t28-,29-,31?/m1/s1. The molecule has 1 saturated heterocycles. The monoisotopic (exact) mass is 518 g/mol. The summed E-state index contributed by atoms with van der Waals surface area (Å²) >= 11 is 0. The molecule has 0 aliphatic carbocycles. The Morgan fingerprint density at radius 2 is 1.73 bits per heavy atom. The zero-order chi connectivity index (χ0) is 26.4. The van der Waals surface area contributed by atoms with E-state index in [1.807, 2.05) is 18.2 Å². The van der Waals surface area contributed by atoms with Gasteiger partial charge in [0.2, 0.25) is 5.91 Å². The largest absolute Gasteiger partial charge is 0.373 e. The summed E-state index contributed by atoms with van der Waals surface area (Å²) in [5.41, 5.74) is 6.88. The van der Waals surface area contributed by atoms with Gasteiger partial charge in [-0.25, -0.2) is 0 Å². The van der Waals surface area contributed by atoms with Crippen molar-refractivity contribution in [1.82, 2.24) is 5.32 Å².